The molecule has 3 rings (SSSR count). The van der Waals surface area contributed by atoms with E-state index >= 15 is 0 Å². The first-order valence-corrected chi connectivity index (χ1v) is 9.67. The second-order valence-electron chi connectivity index (χ2n) is 6.53. The fourth-order valence-electron chi connectivity index (χ4n) is 3.10. The number of carbonyl (C=O) groups excluding carboxylic acids is 1. The van der Waals surface area contributed by atoms with Crippen LogP contribution in [-0.4, -0.2) is 42.0 Å². The summed E-state index contributed by atoms with van der Waals surface area (Å²) in [5, 5.41) is 15.5. The highest BCUT2D eigenvalue weighted by Gasteiger charge is 2.33. The van der Waals surface area contributed by atoms with Gasteiger partial charge in [0.05, 0.1) is 17.2 Å². The molecule has 1 fully saturated rings. The van der Waals surface area contributed by atoms with Crippen molar-refractivity contribution in [2.75, 3.05) is 26.2 Å². The van der Waals surface area contributed by atoms with Crippen LogP contribution in [0.5, 0.6) is 0 Å². The molecule has 1 aromatic carbocycles. The van der Waals surface area contributed by atoms with Crippen LogP contribution in [0.25, 0.3) is 0 Å². The van der Waals surface area contributed by atoms with E-state index in [2.05, 4.69) is 21.7 Å². The topological polar surface area (TPSA) is 59.4 Å². The number of piperazine rings is 1. The third-order valence-corrected chi connectivity index (χ3v) is 5.35. The number of thiophene rings is 1. The molecule has 1 N–H and O–H groups in total. The van der Waals surface area contributed by atoms with Gasteiger partial charge in [0.25, 0.3) is 0 Å². The molecule has 0 radical (unpaired) electrons. The van der Waals surface area contributed by atoms with Crippen molar-refractivity contribution in [1.29, 1.82) is 5.26 Å². The number of nitrogens with zero attached hydrogens (tertiary/aromatic N) is 3. The van der Waals surface area contributed by atoms with E-state index < -0.39 is 11.7 Å². The quantitative estimate of drug-likeness (QED) is 0.840. The van der Waals surface area contributed by atoms with Crippen LogP contribution in [0.3, 0.4) is 0 Å². The van der Waals surface area contributed by atoms with Crippen molar-refractivity contribution < 1.29 is 18.0 Å². The average Bonchev–Trinajstić information content (AvgIpc) is 3.19. The van der Waals surface area contributed by atoms with Crippen molar-refractivity contribution >= 4 is 17.4 Å². The standard InChI is InChI=1S/C19H19F3N4OS/c20-19(21,22)17-9-14(10-23)1-2-16(17)11-24-18(27)26-6-4-25(5-7-26)12-15-3-8-28-13-15/h1-3,8-9,13H,4-7,11-12H2,(H,24,27). The van der Waals surface area contributed by atoms with Crippen LogP contribution < -0.4 is 5.32 Å². The number of hydrogen-bond acceptors (Lipinski definition) is 4. The van der Waals surface area contributed by atoms with Crippen LogP contribution in [0, 0.1) is 11.3 Å². The first-order chi connectivity index (χ1) is 13.4. The van der Waals surface area contributed by atoms with Crippen LogP contribution in [0.15, 0.2) is 35.0 Å². The largest absolute Gasteiger partial charge is 0.416 e. The van der Waals surface area contributed by atoms with Gasteiger partial charge in [0, 0.05) is 39.3 Å². The summed E-state index contributed by atoms with van der Waals surface area (Å²) in [6.07, 6.45) is -4.58. The predicted octanol–water partition coefficient (Wildman–Crippen LogP) is 3.67. The first-order valence-electron chi connectivity index (χ1n) is 8.73. The molecular weight excluding hydrogens is 389 g/mol. The van der Waals surface area contributed by atoms with Crippen molar-refractivity contribution in [3.8, 4) is 6.07 Å². The lowest BCUT2D eigenvalue weighted by Gasteiger charge is -2.34. The minimum Gasteiger partial charge on any atom is -0.334 e. The smallest absolute Gasteiger partial charge is 0.334 e. The monoisotopic (exact) mass is 408 g/mol. The van der Waals surface area contributed by atoms with Crippen molar-refractivity contribution in [2.45, 2.75) is 19.3 Å². The van der Waals surface area contributed by atoms with E-state index in [1.165, 1.54) is 17.7 Å². The Balaban J connectivity index is 1.54. The fourth-order valence-corrected chi connectivity index (χ4v) is 3.76. The Kier molecular flexibility index (Phi) is 6.21. The predicted molar refractivity (Wildman–Crippen MR) is 99.6 cm³/mol. The highest BCUT2D eigenvalue weighted by Crippen LogP contribution is 2.32. The number of amides is 2. The maximum atomic E-state index is 13.2. The van der Waals surface area contributed by atoms with Gasteiger partial charge in [-0.1, -0.05) is 6.07 Å². The summed E-state index contributed by atoms with van der Waals surface area (Å²) in [7, 11) is 0. The van der Waals surface area contributed by atoms with Gasteiger partial charge in [-0.25, -0.2) is 4.79 Å². The van der Waals surface area contributed by atoms with Crippen LogP contribution in [0.1, 0.15) is 22.3 Å². The minimum atomic E-state index is -4.58. The molecule has 0 spiro atoms. The summed E-state index contributed by atoms with van der Waals surface area (Å²) in [6.45, 7) is 3.07. The molecule has 2 heterocycles. The van der Waals surface area contributed by atoms with E-state index in [0.29, 0.717) is 26.2 Å². The molecule has 1 aromatic heterocycles. The number of nitriles is 1. The third kappa shape index (κ3) is 5.03. The van der Waals surface area contributed by atoms with Crippen molar-refractivity contribution in [2.24, 2.45) is 0 Å². The van der Waals surface area contributed by atoms with E-state index in [9.17, 15) is 18.0 Å². The normalized spacial score (nSPS) is 15.3. The number of alkyl halides is 3. The summed E-state index contributed by atoms with van der Waals surface area (Å²) < 4.78 is 39.6. The summed E-state index contributed by atoms with van der Waals surface area (Å²) in [4.78, 5) is 16.2. The molecular formula is C19H19F3N4OS. The zero-order chi connectivity index (χ0) is 20.1. The lowest BCUT2D eigenvalue weighted by Crippen LogP contribution is -2.51. The number of carbonyl (C=O) groups is 1. The number of urea groups is 1. The summed E-state index contributed by atoms with van der Waals surface area (Å²) in [5.74, 6) is 0. The SMILES string of the molecule is N#Cc1ccc(CNC(=O)N2CCN(Cc3ccsc3)CC2)c(C(F)(F)F)c1. The zero-order valence-corrected chi connectivity index (χ0v) is 15.8. The van der Waals surface area contributed by atoms with E-state index in [1.807, 2.05) is 5.38 Å². The Morgan fingerprint density at radius 2 is 1.96 bits per heavy atom. The number of halogens is 3. The van der Waals surface area contributed by atoms with E-state index in [1.54, 1.807) is 22.3 Å². The minimum absolute atomic E-state index is 0.0593. The fraction of sp³-hybridized carbons (Fsp3) is 0.368. The van der Waals surface area contributed by atoms with Gasteiger partial charge in [-0.2, -0.15) is 29.8 Å². The molecule has 2 aromatic rings. The zero-order valence-electron chi connectivity index (χ0n) is 15.0. The van der Waals surface area contributed by atoms with Crippen LogP contribution in [-0.2, 0) is 19.3 Å². The molecule has 1 aliphatic rings. The first kappa shape index (κ1) is 20.2. The van der Waals surface area contributed by atoms with Gasteiger partial charge in [0.1, 0.15) is 0 Å². The second-order valence-corrected chi connectivity index (χ2v) is 7.32. The Hall–Kier alpha value is -2.57. The van der Waals surface area contributed by atoms with E-state index in [4.69, 9.17) is 5.26 Å². The van der Waals surface area contributed by atoms with Crippen LogP contribution >= 0.6 is 11.3 Å². The molecule has 9 heteroatoms. The van der Waals surface area contributed by atoms with Crippen LogP contribution in [0.2, 0.25) is 0 Å². The Labute approximate surface area is 165 Å². The van der Waals surface area contributed by atoms with Gasteiger partial charge in [-0.05, 0) is 40.1 Å². The van der Waals surface area contributed by atoms with Gasteiger partial charge in [0.2, 0.25) is 0 Å². The summed E-state index contributed by atoms with van der Waals surface area (Å²) in [6, 6.07) is 6.76. The molecule has 0 atom stereocenters. The van der Waals surface area contributed by atoms with E-state index in [-0.39, 0.29) is 23.7 Å². The van der Waals surface area contributed by atoms with Crippen molar-refractivity contribution in [3.63, 3.8) is 0 Å². The average molecular weight is 408 g/mol. The Morgan fingerprint density at radius 1 is 1.21 bits per heavy atom. The number of benzene rings is 1. The van der Waals surface area contributed by atoms with Gasteiger partial charge in [0.15, 0.2) is 0 Å². The lowest BCUT2D eigenvalue weighted by molar-refractivity contribution is -0.138. The molecule has 0 unspecified atom stereocenters. The molecule has 5 nitrogen and oxygen atoms in total. The lowest BCUT2D eigenvalue weighted by atomic mass is 10.0. The molecule has 1 aliphatic heterocycles. The highest BCUT2D eigenvalue weighted by atomic mass is 32.1. The van der Waals surface area contributed by atoms with Crippen molar-refractivity contribution in [3.05, 3.63) is 57.3 Å². The number of hydrogen-bond donors (Lipinski definition) is 1. The summed E-state index contributed by atoms with van der Waals surface area (Å²) >= 11 is 1.64. The van der Waals surface area contributed by atoms with Gasteiger partial charge in [-0.15, -0.1) is 0 Å². The van der Waals surface area contributed by atoms with Gasteiger partial charge < -0.3 is 10.2 Å². The van der Waals surface area contributed by atoms with Crippen molar-refractivity contribution in [1.82, 2.24) is 15.1 Å². The molecule has 2 amide bonds. The molecule has 0 saturated carbocycles. The maximum absolute atomic E-state index is 13.2. The second kappa shape index (κ2) is 8.63. The Morgan fingerprint density at radius 3 is 2.57 bits per heavy atom. The summed E-state index contributed by atoms with van der Waals surface area (Å²) in [5.41, 5.74) is 0.218. The molecule has 0 bridgehead atoms. The van der Waals surface area contributed by atoms with Gasteiger partial charge in [-0.3, -0.25) is 4.90 Å². The molecule has 148 valence electrons. The highest BCUT2D eigenvalue weighted by molar-refractivity contribution is 7.07. The number of nitrogens with one attached hydrogen (secondary N) is 1. The van der Waals surface area contributed by atoms with E-state index in [0.717, 1.165) is 12.6 Å². The molecule has 1 saturated heterocycles. The molecule has 28 heavy (non-hydrogen) atoms. The third-order valence-electron chi connectivity index (χ3n) is 4.62. The maximum Gasteiger partial charge on any atom is 0.416 e. The molecule has 0 aliphatic carbocycles. The number of rotatable bonds is 4. The Bertz CT molecular complexity index is 853. The van der Waals surface area contributed by atoms with Crippen LogP contribution in [0.4, 0.5) is 18.0 Å². The van der Waals surface area contributed by atoms with Gasteiger partial charge >= 0.3 is 12.2 Å².